The number of carbonyl (C=O) groups excluding carboxylic acids is 1. The van der Waals surface area contributed by atoms with Crippen LogP contribution in [0.15, 0.2) is 0 Å². The van der Waals surface area contributed by atoms with Crippen molar-refractivity contribution in [3.05, 3.63) is 0 Å². The highest BCUT2D eigenvalue weighted by molar-refractivity contribution is 5.77. The quantitative estimate of drug-likeness (QED) is 0.629. The first kappa shape index (κ1) is 11.8. The molecule has 0 spiro atoms. The van der Waals surface area contributed by atoms with Crippen molar-refractivity contribution in [2.75, 3.05) is 52.9 Å². The Bertz CT molecular complexity index is 240. The van der Waals surface area contributed by atoms with E-state index in [9.17, 15) is 4.79 Å². The van der Waals surface area contributed by atoms with Gasteiger partial charge in [0.1, 0.15) is 0 Å². The zero-order valence-electron chi connectivity index (χ0n) is 10.0. The van der Waals surface area contributed by atoms with Crippen molar-refractivity contribution >= 4 is 5.91 Å². The summed E-state index contributed by atoms with van der Waals surface area (Å²) < 4.78 is 0. The first-order valence-corrected chi connectivity index (χ1v) is 6.17. The number of piperazine rings is 1. The Labute approximate surface area is 97.2 Å². The molecule has 1 amide bonds. The number of amides is 1. The molecule has 92 valence electrons. The second kappa shape index (κ2) is 5.61. The van der Waals surface area contributed by atoms with Gasteiger partial charge in [-0.05, 0) is 6.42 Å². The van der Waals surface area contributed by atoms with Crippen LogP contribution in [0.1, 0.15) is 6.42 Å². The summed E-state index contributed by atoms with van der Waals surface area (Å²) in [6, 6.07) is 0.659. The molecule has 0 aromatic heterocycles. The van der Waals surface area contributed by atoms with Crippen molar-refractivity contribution in [3.8, 4) is 0 Å². The molecule has 0 radical (unpaired) electrons. The predicted octanol–water partition coefficient (Wildman–Crippen LogP) is -1.29. The summed E-state index contributed by atoms with van der Waals surface area (Å²) in [5.74, 6) is 0.126. The Morgan fingerprint density at radius 3 is 2.81 bits per heavy atom. The molecule has 0 bridgehead atoms. The minimum absolute atomic E-state index is 0.126. The largest absolute Gasteiger partial charge is 0.358 e. The summed E-state index contributed by atoms with van der Waals surface area (Å²) >= 11 is 0. The summed E-state index contributed by atoms with van der Waals surface area (Å²) in [7, 11) is 1.70. The first-order valence-electron chi connectivity index (χ1n) is 6.17. The average Bonchev–Trinajstić information content (AvgIpc) is 2.78. The Morgan fingerprint density at radius 2 is 2.12 bits per heavy atom. The van der Waals surface area contributed by atoms with E-state index in [0.29, 0.717) is 12.6 Å². The summed E-state index contributed by atoms with van der Waals surface area (Å²) in [5, 5.41) is 6.05. The molecule has 5 heteroatoms. The number of likely N-dealkylation sites (N-methyl/N-ethyl adjacent to an activating group) is 1. The van der Waals surface area contributed by atoms with Gasteiger partial charge in [0.15, 0.2) is 0 Å². The van der Waals surface area contributed by atoms with Crippen LogP contribution in [0, 0.1) is 0 Å². The van der Waals surface area contributed by atoms with Crippen molar-refractivity contribution < 1.29 is 4.79 Å². The number of rotatable bonds is 3. The molecule has 16 heavy (non-hydrogen) atoms. The van der Waals surface area contributed by atoms with Gasteiger partial charge in [-0.15, -0.1) is 0 Å². The summed E-state index contributed by atoms with van der Waals surface area (Å²) in [4.78, 5) is 16.1. The van der Waals surface area contributed by atoms with Crippen LogP contribution in [0.2, 0.25) is 0 Å². The van der Waals surface area contributed by atoms with Crippen LogP contribution < -0.4 is 10.6 Å². The Morgan fingerprint density at radius 1 is 1.38 bits per heavy atom. The van der Waals surface area contributed by atoms with E-state index in [2.05, 4.69) is 20.4 Å². The van der Waals surface area contributed by atoms with E-state index in [1.54, 1.807) is 7.05 Å². The van der Waals surface area contributed by atoms with E-state index in [-0.39, 0.29) is 5.91 Å². The third-order valence-corrected chi connectivity index (χ3v) is 3.56. The SMILES string of the molecule is CNC(=O)CN1CCC(N2CCNCC2)C1. The molecule has 2 N–H and O–H groups in total. The molecule has 1 unspecified atom stereocenters. The van der Waals surface area contributed by atoms with Crippen LogP contribution in [0.3, 0.4) is 0 Å². The molecule has 2 fully saturated rings. The van der Waals surface area contributed by atoms with Crippen molar-refractivity contribution in [1.29, 1.82) is 0 Å². The third-order valence-electron chi connectivity index (χ3n) is 3.56. The first-order chi connectivity index (χ1) is 7.79. The van der Waals surface area contributed by atoms with Gasteiger partial charge in [-0.2, -0.15) is 0 Å². The summed E-state index contributed by atoms with van der Waals surface area (Å²) in [6.07, 6.45) is 1.21. The van der Waals surface area contributed by atoms with E-state index in [1.165, 1.54) is 6.42 Å². The summed E-state index contributed by atoms with van der Waals surface area (Å²) in [6.45, 7) is 7.17. The van der Waals surface area contributed by atoms with Crippen LogP contribution in [0.4, 0.5) is 0 Å². The lowest BCUT2D eigenvalue weighted by atomic mass is 10.2. The van der Waals surface area contributed by atoms with E-state index in [4.69, 9.17) is 0 Å². The van der Waals surface area contributed by atoms with Crippen LogP contribution in [-0.2, 0) is 4.79 Å². The van der Waals surface area contributed by atoms with Crippen LogP contribution in [-0.4, -0.2) is 74.6 Å². The minimum Gasteiger partial charge on any atom is -0.358 e. The number of likely N-dealkylation sites (tertiary alicyclic amines) is 1. The number of nitrogens with zero attached hydrogens (tertiary/aromatic N) is 2. The molecule has 5 nitrogen and oxygen atoms in total. The topological polar surface area (TPSA) is 47.6 Å². The normalized spacial score (nSPS) is 28.2. The Balaban J connectivity index is 1.76. The zero-order valence-corrected chi connectivity index (χ0v) is 10.0. The van der Waals surface area contributed by atoms with Gasteiger partial charge in [-0.1, -0.05) is 0 Å². The van der Waals surface area contributed by atoms with Gasteiger partial charge in [-0.3, -0.25) is 14.6 Å². The number of hydrogen-bond acceptors (Lipinski definition) is 4. The maximum atomic E-state index is 11.3. The van der Waals surface area contributed by atoms with Gasteiger partial charge < -0.3 is 10.6 Å². The maximum absolute atomic E-state index is 11.3. The third kappa shape index (κ3) is 2.93. The van der Waals surface area contributed by atoms with Gasteiger partial charge in [-0.25, -0.2) is 0 Å². The van der Waals surface area contributed by atoms with Crippen molar-refractivity contribution in [2.24, 2.45) is 0 Å². The van der Waals surface area contributed by atoms with E-state index < -0.39 is 0 Å². The molecule has 2 aliphatic rings. The fraction of sp³-hybridized carbons (Fsp3) is 0.909. The molecule has 0 saturated carbocycles. The maximum Gasteiger partial charge on any atom is 0.233 e. The molecular weight excluding hydrogens is 204 g/mol. The van der Waals surface area contributed by atoms with Crippen molar-refractivity contribution in [3.63, 3.8) is 0 Å². The molecule has 2 heterocycles. The standard InChI is InChI=1S/C11H22N4O/c1-12-11(16)9-14-5-2-10(8-14)15-6-3-13-4-7-15/h10,13H,2-9H2,1H3,(H,12,16). The molecule has 1 atom stereocenters. The van der Waals surface area contributed by atoms with Crippen LogP contribution in [0.5, 0.6) is 0 Å². The molecule has 2 aliphatic heterocycles. The van der Waals surface area contributed by atoms with E-state index in [1.807, 2.05) is 0 Å². The molecule has 0 aliphatic carbocycles. The van der Waals surface area contributed by atoms with Crippen LogP contribution >= 0.6 is 0 Å². The van der Waals surface area contributed by atoms with Gasteiger partial charge in [0.05, 0.1) is 6.54 Å². The molecule has 0 aromatic carbocycles. The second-order valence-corrected chi connectivity index (χ2v) is 4.64. The second-order valence-electron chi connectivity index (χ2n) is 4.64. The highest BCUT2D eigenvalue weighted by Gasteiger charge is 2.28. The van der Waals surface area contributed by atoms with Gasteiger partial charge in [0.2, 0.25) is 5.91 Å². The number of nitrogens with one attached hydrogen (secondary N) is 2. The Hall–Kier alpha value is -0.650. The number of hydrogen-bond donors (Lipinski definition) is 2. The summed E-state index contributed by atoms with van der Waals surface area (Å²) in [5.41, 5.74) is 0. The average molecular weight is 226 g/mol. The highest BCUT2D eigenvalue weighted by Crippen LogP contribution is 2.15. The van der Waals surface area contributed by atoms with Crippen molar-refractivity contribution in [1.82, 2.24) is 20.4 Å². The smallest absolute Gasteiger partial charge is 0.233 e. The van der Waals surface area contributed by atoms with E-state index in [0.717, 1.165) is 39.3 Å². The minimum atomic E-state index is 0.126. The van der Waals surface area contributed by atoms with Gasteiger partial charge >= 0.3 is 0 Å². The fourth-order valence-electron chi connectivity index (χ4n) is 2.58. The number of carbonyl (C=O) groups is 1. The monoisotopic (exact) mass is 226 g/mol. The molecule has 2 saturated heterocycles. The molecule has 2 rings (SSSR count). The van der Waals surface area contributed by atoms with Gasteiger partial charge in [0.25, 0.3) is 0 Å². The van der Waals surface area contributed by atoms with Gasteiger partial charge in [0, 0.05) is 52.4 Å². The van der Waals surface area contributed by atoms with E-state index >= 15 is 0 Å². The fourth-order valence-corrected chi connectivity index (χ4v) is 2.58. The molecular formula is C11H22N4O. The predicted molar refractivity (Wildman–Crippen MR) is 63.4 cm³/mol. The van der Waals surface area contributed by atoms with Crippen LogP contribution in [0.25, 0.3) is 0 Å². The Kier molecular flexibility index (Phi) is 4.15. The lowest BCUT2D eigenvalue weighted by Crippen LogP contribution is -2.49. The highest BCUT2D eigenvalue weighted by atomic mass is 16.1. The molecule has 0 aromatic rings. The lowest BCUT2D eigenvalue weighted by molar-refractivity contribution is -0.121. The van der Waals surface area contributed by atoms with Crippen molar-refractivity contribution in [2.45, 2.75) is 12.5 Å². The zero-order chi connectivity index (χ0) is 11.4. The lowest BCUT2D eigenvalue weighted by Gasteiger charge is -2.32.